The first-order valence-corrected chi connectivity index (χ1v) is 11.0. The highest BCUT2D eigenvalue weighted by molar-refractivity contribution is 9.10. The number of halogens is 4. The fraction of sp³-hybridized carbons (Fsp3) is 0.0833. The predicted molar refractivity (Wildman–Crippen MR) is 135 cm³/mol. The fourth-order valence-corrected chi connectivity index (χ4v) is 4.14. The summed E-state index contributed by atoms with van der Waals surface area (Å²) in [5, 5.41) is 12.0. The monoisotopic (exact) mass is 546 g/mol. The zero-order chi connectivity index (χ0) is 23.4. The van der Waals surface area contributed by atoms with E-state index >= 15 is 0 Å². The van der Waals surface area contributed by atoms with Crippen LogP contribution in [0.15, 0.2) is 53.0 Å². The molecule has 0 aliphatic carbocycles. The maximum absolute atomic E-state index is 10.7. The van der Waals surface area contributed by atoms with Crippen LogP contribution in [0.4, 0.5) is 11.4 Å². The molecule has 0 aliphatic heterocycles. The van der Waals surface area contributed by atoms with Crippen LogP contribution in [0.1, 0.15) is 22.3 Å². The third kappa shape index (κ3) is 5.76. The minimum atomic E-state index is -0.459. The molecule has 4 nitrogen and oxygen atoms in total. The van der Waals surface area contributed by atoms with Crippen LogP contribution in [0.2, 0.25) is 15.1 Å². The van der Waals surface area contributed by atoms with E-state index in [1.54, 1.807) is 24.3 Å². The number of nitro groups is 1. The van der Waals surface area contributed by atoms with Gasteiger partial charge >= 0.3 is 0 Å². The largest absolute Gasteiger partial charge is 0.378 e. The average Bonchev–Trinajstić information content (AvgIpc) is 2.73. The summed E-state index contributed by atoms with van der Waals surface area (Å²) < 4.78 is 0.763. The molecule has 0 saturated heterocycles. The third-order valence-electron chi connectivity index (χ3n) is 4.33. The van der Waals surface area contributed by atoms with Gasteiger partial charge in [0, 0.05) is 47.5 Å². The van der Waals surface area contributed by atoms with Gasteiger partial charge in [-0.15, -0.1) is 0 Å². The second-order valence-corrected chi connectivity index (χ2v) is 8.87. The van der Waals surface area contributed by atoms with Gasteiger partial charge in [0.2, 0.25) is 0 Å². The maximum Gasteiger partial charge on any atom is 0.269 e. The van der Waals surface area contributed by atoms with Crippen LogP contribution in [0.5, 0.6) is 0 Å². The van der Waals surface area contributed by atoms with Crippen LogP contribution < -0.4 is 4.90 Å². The molecule has 0 unspecified atom stereocenters. The minimum Gasteiger partial charge on any atom is -0.378 e. The summed E-state index contributed by atoms with van der Waals surface area (Å²) in [7, 11) is 3.85. The van der Waals surface area contributed by atoms with Gasteiger partial charge in [-0.3, -0.25) is 10.1 Å². The molecule has 0 bridgehead atoms. The molecule has 0 aromatic heterocycles. The van der Waals surface area contributed by atoms with Crippen molar-refractivity contribution in [3.8, 4) is 23.7 Å². The van der Waals surface area contributed by atoms with Crippen LogP contribution in [0.25, 0.3) is 0 Å². The number of benzene rings is 3. The Morgan fingerprint density at radius 1 is 0.812 bits per heavy atom. The Labute approximate surface area is 209 Å². The molecule has 0 N–H and O–H groups in total. The van der Waals surface area contributed by atoms with Crippen molar-refractivity contribution in [2.75, 3.05) is 19.0 Å². The molecule has 32 heavy (non-hydrogen) atoms. The number of nitro benzene ring substituents is 1. The standard InChI is InChI=1S/C24H14BrCl3N2O2/c1-29(2)18-13-21(25)19(24(28)14-18)9-10-20-22(26)11-16(12-23(20)27)4-3-15-5-7-17(8-6-15)30(31)32/h5-8,11-14H,1-2H3. The second kappa shape index (κ2) is 10.3. The van der Waals surface area contributed by atoms with Gasteiger partial charge < -0.3 is 4.90 Å². The highest BCUT2D eigenvalue weighted by atomic mass is 79.9. The van der Waals surface area contributed by atoms with Gasteiger partial charge in [0.05, 0.1) is 31.1 Å². The molecular weight excluding hydrogens is 535 g/mol. The molecule has 0 amide bonds. The molecule has 3 rings (SSSR count). The Hall–Kier alpha value is -2.67. The lowest BCUT2D eigenvalue weighted by Crippen LogP contribution is -2.08. The van der Waals surface area contributed by atoms with E-state index in [1.807, 2.05) is 31.1 Å². The van der Waals surface area contributed by atoms with E-state index in [1.165, 1.54) is 12.1 Å². The first kappa shape index (κ1) is 24.0. The van der Waals surface area contributed by atoms with Crippen LogP contribution in [0, 0.1) is 33.8 Å². The number of hydrogen-bond acceptors (Lipinski definition) is 3. The van der Waals surface area contributed by atoms with E-state index in [9.17, 15) is 10.1 Å². The predicted octanol–water partition coefficient (Wildman–Crippen LogP) is 7.18. The molecule has 0 radical (unpaired) electrons. The van der Waals surface area contributed by atoms with E-state index < -0.39 is 4.92 Å². The van der Waals surface area contributed by atoms with Crippen molar-refractivity contribution >= 4 is 62.1 Å². The van der Waals surface area contributed by atoms with Crippen LogP contribution in [-0.2, 0) is 0 Å². The number of hydrogen-bond donors (Lipinski definition) is 0. The van der Waals surface area contributed by atoms with E-state index in [4.69, 9.17) is 34.8 Å². The Morgan fingerprint density at radius 2 is 1.34 bits per heavy atom. The summed E-state index contributed by atoms with van der Waals surface area (Å²) >= 11 is 22.7. The smallest absolute Gasteiger partial charge is 0.269 e. The van der Waals surface area contributed by atoms with Crippen molar-refractivity contribution < 1.29 is 4.92 Å². The molecular formula is C24H14BrCl3N2O2. The quantitative estimate of drug-likeness (QED) is 0.194. The summed E-state index contributed by atoms with van der Waals surface area (Å²) in [6, 6.07) is 13.1. The number of non-ortho nitro benzene ring substituents is 1. The van der Waals surface area contributed by atoms with Crippen molar-refractivity contribution in [2.45, 2.75) is 0 Å². The van der Waals surface area contributed by atoms with Crippen molar-refractivity contribution in [1.29, 1.82) is 0 Å². The van der Waals surface area contributed by atoms with Gasteiger partial charge in [0.15, 0.2) is 0 Å². The van der Waals surface area contributed by atoms with E-state index in [-0.39, 0.29) is 5.69 Å². The molecule has 0 atom stereocenters. The van der Waals surface area contributed by atoms with Crippen molar-refractivity contribution in [3.05, 3.63) is 100 Å². The maximum atomic E-state index is 10.7. The lowest BCUT2D eigenvalue weighted by molar-refractivity contribution is -0.384. The van der Waals surface area contributed by atoms with Crippen LogP contribution >= 0.6 is 50.7 Å². The van der Waals surface area contributed by atoms with Crippen LogP contribution in [-0.4, -0.2) is 19.0 Å². The normalized spacial score (nSPS) is 9.94. The molecule has 3 aromatic rings. The molecule has 0 fully saturated rings. The Morgan fingerprint density at radius 3 is 1.88 bits per heavy atom. The fourth-order valence-electron chi connectivity index (χ4n) is 2.64. The second-order valence-electron chi connectivity index (χ2n) is 6.80. The number of anilines is 1. The van der Waals surface area contributed by atoms with Crippen molar-refractivity contribution in [3.63, 3.8) is 0 Å². The van der Waals surface area contributed by atoms with E-state index in [0.717, 1.165) is 10.2 Å². The Bertz CT molecular complexity index is 1290. The van der Waals surface area contributed by atoms with Gasteiger partial charge in [-0.1, -0.05) is 58.5 Å². The third-order valence-corrected chi connectivity index (χ3v) is 5.85. The lowest BCUT2D eigenvalue weighted by atomic mass is 10.1. The molecule has 8 heteroatoms. The zero-order valence-electron chi connectivity index (χ0n) is 16.8. The SMILES string of the molecule is CN(C)c1cc(Cl)c(C#Cc2c(Cl)cc(C#Cc3ccc([N+](=O)[O-])cc3)cc2Cl)c(Br)c1. The first-order valence-electron chi connectivity index (χ1n) is 9.09. The summed E-state index contributed by atoms with van der Waals surface area (Å²) in [6.07, 6.45) is 0. The summed E-state index contributed by atoms with van der Waals surface area (Å²) in [5.41, 5.74) is 3.28. The average molecular weight is 549 g/mol. The molecule has 0 aliphatic rings. The van der Waals surface area contributed by atoms with E-state index in [0.29, 0.717) is 37.3 Å². The van der Waals surface area contributed by atoms with Crippen LogP contribution in [0.3, 0.4) is 0 Å². The molecule has 0 saturated carbocycles. The Balaban J connectivity index is 1.90. The van der Waals surface area contributed by atoms with Gasteiger partial charge in [-0.25, -0.2) is 0 Å². The summed E-state index contributed by atoms with van der Waals surface area (Å²) in [6.45, 7) is 0. The van der Waals surface area contributed by atoms with Gasteiger partial charge in [-0.05, 0) is 52.3 Å². The zero-order valence-corrected chi connectivity index (χ0v) is 20.7. The molecule has 160 valence electrons. The summed E-state index contributed by atoms with van der Waals surface area (Å²) in [4.78, 5) is 12.2. The molecule has 0 spiro atoms. The molecule has 3 aromatic carbocycles. The molecule has 0 heterocycles. The number of nitrogens with zero attached hydrogens (tertiary/aromatic N) is 2. The topological polar surface area (TPSA) is 46.4 Å². The minimum absolute atomic E-state index is 0.00709. The Kier molecular flexibility index (Phi) is 7.72. The van der Waals surface area contributed by atoms with Crippen molar-refractivity contribution in [2.24, 2.45) is 0 Å². The first-order chi connectivity index (χ1) is 15.2. The van der Waals surface area contributed by atoms with Gasteiger partial charge in [-0.2, -0.15) is 0 Å². The van der Waals surface area contributed by atoms with Gasteiger partial charge in [0.1, 0.15) is 0 Å². The lowest BCUT2D eigenvalue weighted by Gasteiger charge is -2.14. The van der Waals surface area contributed by atoms with Crippen molar-refractivity contribution in [1.82, 2.24) is 0 Å². The number of rotatable bonds is 2. The highest BCUT2D eigenvalue weighted by Crippen LogP contribution is 2.31. The van der Waals surface area contributed by atoms with E-state index in [2.05, 4.69) is 39.6 Å². The summed E-state index contributed by atoms with van der Waals surface area (Å²) in [5.74, 6) is 11.9. The van der Waals surface area contributed by atoms with Gasteiger partial charge in [0.25, 0.3) is 5.69 Å². The highest BCUT2D eigenvalue weighted by Gasteiger charge is 2.09.